The highest BCUT2D eigenvalue weighted by atomic mass is 19.4. The first kappa shape index (κ1) is 18.6. The Labute approximate surface area is 158 Å². The van der Waals surface area contributed by atoms with Crippen LogP contribution >= 0.6 is 0 Å². The Morgan fingerprint density at radius 3 is 2.79 bits per heavy atom. The Morgan fingerprint density at radius 1 is 1.25 bits per heavy atom. The molecule has 3 aromatic heterocycles. The van der Waals surface area contributed by atoms with Gasteiger partial charge in [0.2, 0.25) is 11.9 Å². The summed E-state index contributed by atoms with van der Waals surface area (Å²) in [6.45, 7) is 2.71. The molecule has 0 radical (unpaired) electrons. The van der Waals surface area contributed by atoms with Gasteiger partial charge in [-0.1, -0.05) is 6.07 Å². The van der Waals surface area contributed by atoms with Gasteiger partial charge in [0.05, 0.1) is 16.8 Å². The summed E-state index contributed by atoms with van der Waals surface area (Å²) < 4.78 is 56.3. The van der Waals surface area contributed by atoms with Gasteiger partial charge < -0.3 is 10.6 Å². The highest BCUT2D eigenvalue weighted by Gasteiger charge is 2.37. The van der Waals surface area contributed by atoms with E-state index in [0.717, 1.165) is 12.8 Å². The lowest BCUT2D eigenvalue weighted by Gasteiger charge is -2.28. The predicted molar refractivity (Wildman–Crippen MR) is 95.3 cm³/mol. The van der Waals surface area contributed by atoms with E-state index in [1.807, 2.05) is 0 Å². The Balaban J connectivity index is 1.78. The van der Waals surface area contributed by atoms with E-state index in [0.29, 0.717) is 18.8 Å². The Kier molecular flexibility index (Phi) is 4.66. The van der Waals surface area contributed by atoms with Crippen molar-refractivity contribution in [3.63, 3.8) is 0 Å². The smallest absolute Gasteiger partial charge is 0.350 e. The predicted octanol–water partition coefficient (Wildman–Crippen LogP) is 3.50. The minimum Gasteiger partial charge on any atom is -0.350 e. The van der Waals surface area contributed by atoms with Crippen molar-refractivity contribution in [2.24, 2.45) is 0 Å². The summed E-state index contributed by atoms with van der Waals surface area (Å²) in [6, 6.07) is 5.07. The van der Waals surface area contributed by atoms with E-state index in [-0.39, 0.29) is 23.1 Å². The van der Waals surface area contributed by atoms with E-state index in [2.05, 4.69) is 32.6 Å². The maximum atomic E-state index is 14.5. The average molecular weight is 394 g/mol. The molecule has 1 aliphatic heterocycles. The van der Waals surface area contributed by atoms with Crippen molar-refractivity contribution in [2.45, 2.75) is 38.0 Å². The van der Waals surface area contributed by atoms with Crippen molar-refractivity contribution in [3.05, 3.63) is 42.1 Å². The van der Waals surface area contributed by atoms with E-state index in [4.69, 9.17) is 0 Å². The lowest BCUT2D eigenvalue weighted by Crippen LogP contribution is -2.43. The van der Waals surface area contributed by atoms with Crippen molar-refractivity contribution >= 4 is 11.5 Å². The van der Waals surface area contributed by atoms with Crippen LogP contribution in [-0.4, -0.2) is 38.2 Å². The number of halogens is 4. The maximum Gasteiger partial charge on any atom is 0.420 e. The minimum atomic E-state index is -4.73. The average Bonchev–Trinajstić information content (AvgIpc) is 2.98. The molecule has 1 aliphatic rings. The molecule has 0 spiro atoms. The van der Waals surface area contributed by atoms with Crippen LogP contribution in [0.1, 0.15) is 25.3 Å². The van der Waals surface area contributed by atoms with Crippen LogP contribution in [0, 0.1) is 5.95 Å². The molecule has 2 N–H and O–H groups in total. The van der Waals surface area contributed by atoms with Crippen LogP contribution < -0.4 is 10.6 Å². The first-order valence-corrected chi connectivity index (χ1v) is 8.90. The van der Waals surface area contributed by atoms with Crippen molar-refractivity contribution < 1.29 is 17.6 Å². The Morgan fingerprint density at radius 2 is 2.07 bits per heavy atom. The summed E-state index contributed by atoms with van der Waals surface area (Å²) in [7, 11) is 0. The number of nitrogens with one attached hydrogen (secondary N) is 2. The van der Waals surface area contributed by atoms with Crippen molar-refractivity contribution in [2.75, 3.05) is 11.9 Å². The van der Waals surface area contributed by atoms with Crippen LogP contribution in [0.3, 0.4) is 0 Å². The molecule has 0 unspecified atom stereocenters. The number of pyridine rings is 1. The normalized spacial score (nSPS) is 20.5. The molecule has 4 rings (SSSR count). The molecule has 1 fully saturated rings. The summed E-state index contributed by atoms with van der Waals surface area (Å²) in [5.41, 5.74) is -1.73. The van der Waals surface area contributed by atoms with Gasteiger partial charge in [0, 0.05) is 31.0 Å². The van der Waals surface area contributed by atoms with Gasteiger partial charge in [-0.15, -0.1) is 5.10 Å². The lowest BCUT2D eigenvalue weighted by molar-refractivity contribution is -0.137. The standard InChI is InChI=1S/C18H18F4N6/c1-10-5-6-11(8-23-10)25-17-24-9-12(18(20,21)22)15(26-17)14-13-4-2-3-7-28(13)27-16(14)19/h2-4,7,9-11,23H,5-6,8H2,1H3,(H,24,25,26)/t10-,11-/m0/s1. The minimum absolute atomic E-state index is 0.0189. The largest absolute Gasteiger partial charge is 0.420 e. The third-order valence-corrected chi connectivity index (χ3v) is 4.82. The van der Waals surface area contributed by atoms with Gasteiger partial charge in [-0.2, -0.15) is 17.6 Å². The molecule has 10 heteroatoms. The SMILES string of the molecule is C[C@H]1CC[C@H](Nc2ncc(C(F)(F)F)c(-c3c(F)nn4ccccc34)n2)CN1. The van der Waals surface area contributed by atoms with Crippen LogP contribution in [0.15, 0.2) is 30.6 Å². The Bertz CT molecular complexity index is 991. The van der Waals surface area contributed by atoms with E-state index in [1.165, 1.54) is 16.8 Å². The van der Waals surface area contributed by atoms with Crippen LogP contribution in [-0.2, 0) is 6.18 Å². The second kappa shape index (κ2) is 7.01. The first-order chi connectivity index (χ1) is 13.3. The van der Waals surface area contributed by atoms with Crippen LogP contribution in [0.25, 0.3) is 16.8 Å². The van der Waals surface area contributed by atoms with E-state index in [1.54, 1.807) is 12.1 Å². The number of aromatic nitrogens is 4. The molecule has 3 aromatic rings. The van der Waals surface area contributed by atoms with E-state index < -0.39 is 23.4 Å². The number of alkyl halides is 3. The molecule has 2 atom stereocenters. The van der Waals surface area contributed by atoms with Gasteiger partial charge in [-0.25, -0.2) is 14.5 Å². The number of fused-ring (bicyclic) bond motifs is 1. The monoisotopic (exact) mass is 394 g/mol. The van der Waals surface area contributed by atoms with Crippen molar-refractivity contribution in [3.8, 4) is 11.3 Å². The number of hydrogen-bond donors (Lipinski definition) is 2. The third kappa shape index (κ3) is 3.51. The van der Waals surface area contributed by atoms with E-state index in [9.17, 15) is 17.6 Å². The molecule has 0 aromatic carbocycles. The van der Waals surface area contributed by atoms with Crippen molar-refractivity contribution in [1.82, 2.24) is 24.9 Å². The third-order valence-electron chi connectivity index (χ3n) is 4.82. The summed E-state index contributed by atoms with van der Waals surface area (Å²) in [6.07, 6.45) is -0.822. The summed E-state index contributed by atoms with van der Waals surface area (Å²) >= 11 is 0. The summed E-state index contributed by atoms with van der Waals surface area (Å²) in [5.74, 6) is -0.992. The van der Waals surface area contributed by atoms with E-state index >= 15 is 0 Å². The molecule has 0 aliphatic carbocycles. The molecule has 4 heterocycles. The Hall–Kier alpha value is -2.75. The molecule has 28 heavy (non-hydrogen) atoms. The lowest BCUT2D eigenvalue weighted by atomic mass is 10.0. The van der Waals surface area contributed by atoms with Gasteiger partial charge in [-0.05, 0) is 31.9 Å². The number of piperidine rings is 1. The fourth-order valence-electron chi connectivity index (χ4n) is 3.34. The zero-order valence-electron chi connectivity index (χ0n) is 15.0. The molecular weight excluding hydrogens is 376 g/mol. The van der Waals surface area contributed by atoms with Gasteiger partial charge >= 0.3 is 6.18 Å². The molecular formula is C18H18F4N6. The summed E-state index contributed by atoms with van der Waals surface area (Å²) in [5, 5.41) is 10.00. The molecule has 0 bridgehead atoms. The summed E-state index contributed by atoms with van der Waals surface area (Å²) in [4.78, 5) is 7.86. The number of nitrogens with zero attached hydrogens (tertiary/aromatic N) is 4. The fourth-order valence-corrected chi connectivity index (χ4v) is 3.34. The highest BCUT2D eigenvalue weighted by Crippen LogP contribution is 2.38. The topological polar surface area (TPSA) is 67.1 Å². The first-order valence-electron chi connectivity index (χ1n) is 8.90. The van der Waals surface area contributed by atoms with Gasteiger partial charge in [-0.3, -0.25) is 0 Å². The maximum absolute atomic E-state index is 14.5. The van der Waals surface area contributed by atoms with Gasteiger partial charge in [0.15, 0.2) is 0 Å². The number of anilines is 1. The van der Waals surface area contributed by atoms with Crippen LogP contribution in [0.5, 0.6) is 0 Å². The molecule has 0 amide bonds. The second-order valence-corrected chi connectivity index (χ2v) is 6.88. The van der Waals surface area contributed by atoms with Gasteiger partial charge in [0.1, 0.15) is 5.56 Å². The molecule has 1 saturated heterocycles. The zero-order chi connectivity index (χ0) is 19.9. The van der Waals surface area contributed by atoms with Crippen LogP contribution in [0.4, 0.5) is 23.5 Å². The number of hydrogen-bond acceptors (Lipinski definition) is 5. The molecule has 0 saturated carbocycles. The fraction of sp³-hybridized carbons (Fsp3) is 0.389. The highest BCUT2D eigenvalue weighted by molar-refractivity contribution is 5.80. The molecule has 6 nitrogen and oxygen atoms in total. The quantitative estimate of drug-likeness (QED) is 0.666. The second-order valence-electron chi connectivity index (χ2n) is 6.88. The number of rotatable bonds is 3. The van der Waals surface area contributed by atoms with Crippen LogP contribution in [0.2, 0.25) is 0 Å². The molecule has 148 valence electrons. The zero-order valence-corrected chi connectivity index (χ0v) is 15.0. The van der Waals surface area contributed by atoms with Gasteiger partial charge in [0.25, 0.3) is 0 Å². The van der Waals surface area contributed by atoms with Crippen molar-refractivity contribution in [1.29, 1.82) is 0 Å².